The van der Waals surface area contributed by atoms with Crippen LogP contribution in [-0.4, -0.2) is 41.0 Å². The number of thioether (sulfide) groups is 1. The van der Waals surface area contributed by atoms with Crippen molar-refractivity contribution in [2.24, 2.45) is 0 Å². The van der Waals surface area contributed by atoms with Gasteiger partial charge in [0.1, 0.15) is 0 Å². The SMILES string of the molecule is CCOC(=O)Cc1csc(SCC(=O)N[C@H](Cc2ccccc2)C(C)=O)n1. The van der Waals surface area contributed by atoms with E-state index >= 15 is 0 Å². The number of nitrogens with zero attached hydrogens (tertiary/aromatic N) is 1. The van der Waals surface area contributed by atoms with Crippen LogP contribution in [-0.2, 0) is 32.0 Å². The van der Waals surface area contributed by atoms with Gasteiger partial charge in [-0.05, 0) is 25.8 Å². The average molecular weight is 407 g/mol. The van der Waals surface area contributed by atoms with E-state index in [9.17, 15) is 14.4 Å². The molecular formula is C19H22N2O4S2. The Labute approximate surface area is 166 Å². The van der Waals surface area contributed by atoms with Gasteiger partial charge in [-0.1, -0.05) is 42.1 Å². The molecule has 0 aliphatic heterocycles. The van der Waals surface area contributed by atoms with Gasteiger partial charge < -0.3 is 10.1 Å². The highest BCUT2D eigenvalue weighted by molar-refractivity contribution is 8.01. The van der Waals surface area contributed by atoms with Gasteiger partial charge in [-0.3, -0.25) is 14.4 Å². The standard InChI is InChI=1S/C19H22N2O4S2/c1-3-25-18(24)10-15-11-26-19(20-15)27-12-17(23)21-16(13(2)22)9-14-7-5-4-6-8-14/h4-8,11,16H,3,9-10,12H2,1-2H3,(H,21,23)/t16-/m1/s1. The monoisotopic (exact) mass is 406 g/mol. The molecule has 27 heavy (non-hydrogen) atoms. The first-order valence-electron chi connectivity index (χ1n) is 8.54. The van der Waals surface area contributed by atoms with Gasteiger partial charge in [0.25, 0.3) is 0 Å². The van der Waals surface area contributed by atoms with Crippen LogP contribution in [0.4, 0.5) is 0 Å². The summed E-state index contributed by atoms with van der Waals surface area (Å²) in [6, 6.07) is 9.03. The van der Waals surface area contributed by atoms with Crippen molar-refractivity contribution in [3.05, 3.63) is 47.0 Å². The van der Waals surface area contributed by atoms with Crippen molar-refractivity contribution >= 4 is 40.8 Å². The summed E-state index contributed by atoms with van der Waals surface area (Å²) in [5.41, 5.74) is 1.63. The van der Waals surface area contributed by atoms with Crippen LogP contribution in [0.2, 0.25) is 0 Å². The molecule has 0 aliphatic carbocycles. The van der Waals surface area contributed by atoms with Crippen LogP contribution < -0.4 is 5.32 Å². The number of rotatable bonds is 10. The first-order valence-corrected chi connectivity index (χ1v) is 10.4. The van der Waals surface area contributed by atoms with E-state index in [4.69, 9.17) is 4.74 Å². The lowest BCUT2D eigenvalue weighted by Crippen LogP contribution is -2.42. The van der Waals surface area contributed by atoms with Crippen molar-refractivity contribution in [2.45, 2.75) is 37.1 Å². The van der Waals surface area contributed by atoms with Gasteiger partial charge in [-0.25, -0.2) is 4.98 Å². The molecule has 0 radical (unpaired) electrons. The zero-order valence-corrected chi connectivity index (χ0v) is 16.9. The Morgan fingerprint density at radius 2 is 2.00 bits per heavy atom. The Morgan fingerprint density at radius 3 is 2.67 bits per heavy atom. The van der Waals surface area contributed by atoms with Crippen LogP contribution in [0.15, 0.2) is 40.1 Å². The number of thiazole rings is 1. The maximum atomic E-state index is 12.2. The van der Waals surface area contributed by atoms with E-state index in [1.165, 1.54) is 30.0 Å². The van der Waals surface area contributed by atoms with Gasteiger partial charge in [-0.15, -0.1) is 11.3 Å². The van der Waals surface area contributed by atoms with E-state index in [2.05, 4.69) is 10.3 Å². The Balaban J connectivity index is 1.83. The minimum Gasteiger partial charge on any atom is -0.466 e. The molecule has 0 bridgehead atoms. The van der Waals surface area contributed by atoms with Crippen molar-refractivity contribution < 1.29 is 19.1 Å². The lowest BCUT2D eigenvalue weighted by atomic mass is 10.0. The lowest BCUT2D eigenvalue weighted by Gasteiger charge is -2.15. The van der Waals surface area contributed by atoms with Gasteiger partial charge >= 0.3 is 5.97 Å². The summed E-state index contributed by atoms with van der Waals surface area (Å²) in [5.74, 6) is -0.464. The molecule has 0 fully saturated rings. The van der Waals surface area contributed by atoms with Crippen LogP contribution in [0.1, 0.15) is 25.1 Å². The Hall–Kier alpha value is -2.19. The number of nitrogens with one attached hydrogen (secondary N) is 1. The van der Waals surface area contributed by atoms with E-state index in [0.717, 1.165) is 5.56 Å². The second-order valence-corrected chi connectivity index (χ2v) is 7.88. The fourth-order valence-corrected chi connectivity index (χ4v) is 3.96. The molecule has 1 aromatic heterocycles. The second kappa shape index (κ2) is 10.8. The fraction of sp³-hybridized carbons (Fsp3) is 0.368. The van der Waals surface area contributed by atoms with Crippen molar-refractivity contribution in [2.75, 3.05) is 12.4 Å². The van der Waals surface area contributed by atoms with E-state index in [1.807, 2.05) is 30.3 Å². The van der Waals surface area contributed by atoms with Gasteiger partial charge in [0.2, 0.25) is 5.91 Å². The van der Waals surface area contributed by atoms with Crippen LogP contribution in [0, 0.1) is 0 Å². The van der Waals surface area contributed by atoms with Crippen LogP contribution in [0.5, 0.6) is 0 Å². The Morgan fingerprint density at radius 1 is 1.26 bits per heavy atom. The first-order chi connectivity index (χ1) is 13.0. The van der Waals surface area contributed by atoms with E-state index in [0.29, 0.717) is 23.1 Å². The predicted molar refractivity (Wildman–Crippen MR) is 106 cm³/mol. The highest BCUT2D eigenvalue weighted by Crippen LogP contribution is 2.23. The van der Waals surface area contributed by atoms with Gasteiger partial charge in [0, 0.05) is 5.38 Å². The van der Waals surface area contributed by atoms with Crippen LogP contribution in [0.25, 0.3) is 0 Å². The summed E-state index contributed by atoms with van der Waals surface area (Å²) in [5, 5.41) is 4.57. The summed E-state index contributed by atoms with van der Waals surface area (Å²) in [7, 11) is 0. The minimum atomic E-state index is -0.545. The number of ether oxygens (including phenoxy) is 1. The zero-order chi connectivity index (χ0) is 19.6. The Kier molecular flexibility index (Phi) is 8.47. The number of benzene rings is 1. The van der Waals surface area contributed by atoms with E-state index < -0.39 is 6.04 Å². The quantitative estimate of drug-likeness (QED) is 0.482. The van der Waals surface area contributed by atoms with Crippen LogP contribution in [0.3, 0.4) is 0 Å². The molecule has 8 heteroatoms. The number of esters is 1. The maximum Gasteiger partial charge on any atom is 0.311 e. The maximum absolute atomic E-state index is 12.2. The summed E-state index contributed by atoms with van der Waals surface area (Å²) in [6.07, 6.45) is 0.591. The van der Waals surface area contributed by atoms with Gasteiger partial charge in [0.05, 0.1) is 30.5 Å². The topological polar surface area (TPSA) is 85.4 Å². The smallest absolute Gasteiger partial charge is 0.311 e. The van der Waals surface area contributed by atoms with Crippen molar-refractivity contribution in [3.63, 3.8) is 0 Å². The highest BCUT2D eigenvalue weighted by Gasteiger charge is 2.18. The van der Waals surface area contributed by atoms with Crippen LogP contribution >= 0.6 is 23.1 Å². The first kappa shape index (κ1) is 21.1. The summed E-state index contributed by atoms with van der Waals surface area (Å²) in [4.78, 5) is 39.8. The summed E-state index contributed by atoms with van der Waals surface area (Å²) < 4.78 is 5.59. The summed E-state index contributed by atoms with van der Waals surface area (Å²) >= 11 is 2.66. The molecule has 1 amide bonds. The zero-order valence-electron chi connectivity index (χ0n) is 15.3. The van der Waals surface area contributed by atoms with E-state index in [-0.39, 0.29) is 29.8 Å². The molecule has 0 unspecified atom stereocenters. The fourth-order valence-electron chi connectivity index (χ4n) is 2.31. The predicted octanol–water partition coefficient (Wildman–Crippen LogP) is 2.66. The summed E-state index contributed by atoms with van der Waals surface area (Å²) in [6.45, 7) is 3.57. The molecule has 0 saturated carbocycles. The molecule has 6 nitrogen and oxygen atoms in total. The van der Waals surface area contributed by atoms with E-state index in [1.54, 1.807) is 12.3 Å². The number of carbonyl (C=O) groups is 3. The number of amides is 1. The number of carbonyl (C=O) groups excluding carboxylic acids is 3. The van der Waals surface area contributed by atoms with Gasteiger partial charge in [0.15, 0.2) is 10.1 Å². The second-order valence-electron chi connectivity index (χ2n) is 5.80. The highest BCUT2D eigenvalue weighted by atomic mass is 32.2. The molecule has 0 aliphatic rings. The number of hydrogen-bond donors (Lipinski definition) is 1. The third kappa shape index (κ3) is 7.52. The van der Waals surface area contributed by atoms with Crippen molar-refractivity contribution in [3.8, 4) is 0 Å². The minimum absolute atomic E-state index is 0.0804. The molecule has 0 saturated heterocycles. The van der Waals surface area contributed by atoms with Crippen molar-refractivity contribution in [1.82, 2.24) is 10.3 Å². The molecule has 2 rings (SSSR count). The molecule has 1 N–H and O–H groups in total. The third-order valence-corrected chi connectivity index (χ3v) is 5.67. The molecule has 0 spiro atoms. The molecular weight excluding hydrogens is 384 g/mol. The molecule has 1 aromatic carbocycles. The molecule has 2 aromatic rings. The lowest BCUT2D eigenvalue weighted by molar-refractivity contribution is -0.142. The average Bonchev–Trinajstić information content (AvgIpc) is 3.07. The number of Topliss-reactive ketones (excluding diaryl/α,β-unsaturated/α-hetero) is 1. The normalized spacial score (nSPS) is 11.6. The molecule has 144 valence electrons. The molecule has 1 atom stereocenters. The number of ketones is 1. The molecule has 1 heterocycles. The van der Waals surface area contributed by atoms with Crippen molar-refractivity contribution in [1.29, 1.82) is 0 Å². The third-order valence-electron chi connectivity index (χ3n) is 3.60. The number of aromatic nitrogens is 1. The van der Waals surface area contributed by atoms with Gasteiger partial charge in [-0.2, -0.15) is 0 Å². The largest absolute Gasteiger partial charge is 0.466 e. The number of hydrogen-bond acceptors (Lipinski definition) is 7. The Bertz CT molecular complexity index is 777.